The number of nitrogens with one attached hydrogen (secondary N) is 1. The van der Waals surface area contributed by atoms with Gasteiger partial charge in [-0.1, -0.05) is 28.1 Å². The number of halogens is 1. The molecule has 0 bridgehead atoms. The maximum Gasteiger partial charge on any atom is 0.410 e. The number of piperidine rings is 1. The Kier molecular flexibility index (Phi) is 7.45. The van der Waals surface area contributed by atoms with Crippen LogP contribution in [0.3, 0.4) is 0 Å². The maximum absolute atomic E-state index is 13.1. The summed E-state index contributed by atoms with van der Waals surface area (Å²) in [7, 11) is 0. The van der Waals surface area contributed by atoms with Crippen molar-refractivity contribution in [3.05, 3.63) is 34.3 Å². The van der Waals surface area contributed by atoms with Crippen LogP contribution in [0.4, 0.5) is 4.79 Å². The first kappa shape index (κ1) is 23.1. The van der Waals surface area contributed by atoms with E-state index in [1.807, 2.05) is 32.9 Å². The molecule has 0 aliphatic carbocycles. The predicted octanol–water partition coefficient (Wildman–Crippen LogP) is 4.40. The van der Waals surface area contributed by atoms with Gasteiger partial charge in [0.1, 0.15) is 11.6 Å². The van der Waals surface area contributed by atoms with Crippen LogP contribution >= 0.6 is 15.9 Å². The molecule has 1 aromatic carbocycles. The highest BCUT2D eigenvalue weighted by atomic mass is 79.9. The minimum atomic E-state index is -0.580. The van der Waals surface area contributed by atoms with Crippen LogP contribution in [0.1, 0.15) is 58.4 Å². The van der Waals surface area contributed by atoms with Gasteiger partial charge in [-0.3, -0.25) is 9.69 Å². The molecule has 2 heterocycles. The van der Waals surface area contributed by atoms with E-state index in [9.17, 15) is 9.59 Å². The number of carbonyl (C=O) groups is 2. The van der Waals surface area contributed by atoms with Crippen LogP contribution in [0.25, 0.3) is 0 Å². The summed E-state index contributed by atoms with van der Waals surface area (Å²) < 4.78 is 12.2. The van der Waals surface area contributed by atoms with E-state index in [-0.39, 0.29) is 11.3 Å². The zero-order valence-electron chi connectivity index (χ0n) is 18.2. The third-order valence-corrected chi connectivity index (χ3v) is 6.47. The Morgan fingerprint density at radius 3 is 2.50 bits per heavy atom. The molecule has 2 aliphatic heterocycles. The van der Waals surface area contributed by atoms with Gasteiger partial charge < -0.3 is 14.8 Å². The number of benzene rings is 1. The molecule has 3 rings (SSSR count). The number of likely N-dealkylation sites (tertiary alicyclic amines) is 1. The normalized spacial score (nSPS) is 21.7. The summed E-state index contributed by atoms with van der Waals surface area (Å²) in [5, 5.41) is 3.17. The van der Waals surface area contributed by atoms with Gasteiger partial charge in [-0.05, 0) is 70.6 Å². The molecule has 0 saturated carbocycles. The molecule has 2 fully saturated rings. The van der Waals surface area contributed by atoms with Crippen LogP contribution in [0.2, 0.25) is 0 Å². The number of hydrogen-bond donors (Lipinski definition) is 1. The second-order valence-electron chi connectivity index (χ2n) is 9.30. The summed E-state index contributed by atoms with van der Waals surface area (Å²) in [5.74, 6) is -0.0939. The molecule has 1 N–H and O–H groups in total. The number of rotatable bonds is 4. The molecule has 0 aromatic heterocycles. The number of nitrogens with zero attached hydrogens (tertiary/aromatic N) is 1. The number of carbonyl (C=O) groups excluding carboxylic acids is 2. The van der Waals surface area contributed by atoms with E-state index in [1.54, 1.807) is 4.90 Å². The quantitative estimate of drug-likeness (QED) is 0.692. The fraction of sp³-hybridized carbons (Fsp3) is 0.652. The fourth-order valence-corrected chi connectivity index (χ4v) is 4.51. The van der Waals surface area contributed by atoms with Gasteiger partial charge in [0.15, 0.2) is 0 Å². The van der Waals surface area contributed by atoms with Crippen LogP contribution in [0, 0.1) is 0 Å². The van der Waals surface area contributed by atoms with E-state index < -0.39 is 17.7 Å². The average Bonchev–Trinajstić information content (AvgIpc) is 2.72. The molecule has 7 heteroatoms. The second-order valence-corrected chi connectivity index (χ2v) is 10.2. The molecule has 1 aromatic rings. The smallest absolute Gasteiger partial charge is 0.410 e. The highest BCUT2D eigenvalue weighted by Gasteiger charge is 2.38. The third-order valence-electron chi connectivity index (χ3n) is 5.94. The van der Waals surface area contributed by atoms with Crippen LogP contribution in [-0.4, -0.2) is 54.8 Å². The van der Waals surface area contributed by atoms with Gasteiger partial charge in [-0.2, -0.15) is 0 Å². The van der Waals surface area contributed by atoms with Gasteiger partial charge in [0, 0.05) is 36.2 Å². The zero-order chi connectivity index (χ0) is 21.8. The summed E-state index contributed by atoms with van der Waals surface area (Å²) in [5.41, 5.74) is 0.477. The Balaban J connectivity index is 1.70. The van der Waals surface area contributed by atoms with Crippen molar-refractivity contribution in [2.45, 2.75) is 69.9 Å². The number of ether oxygens (including phenoxy) is 2. The summed E-state index contributed by atoms with van der Waals surface area (Å²) in [6, 6.07) is 7.85. The minimum absolute atomic E-state index is 0.0939. The van der Waals surface area contributed by atoms with Crippen molar-refractivity contribution >= 4 is 27.9 Å². The lowest BCUT2D eigenvalue weighted by atomic mass is 9.74. The van der Waals surface area contributed by atoms with Crippen LogP contribution in [0.15, 0.2) is 28.7 Å². The van der Waals surface area contributed by atoms with E-state index in [0.29, 0.717) is 32.7 Å². The average molecular weight is 481 g/mol. The third kappa shape index (κ3) is 5.76. The van der Waals surface area contributed by atoms with E-state index in [1.165, 1.54) is 5.56 Å². The Morgan fingerprint density at radius 1 is 1.20 bits per heavy atom. The van der Waals surface area contributed by atoms with Gasteiger partial charge in [-0.15, -0.1) is 0 Å². The lowest BCUT2D eigenvalue weighted by molar-refractivity contribution is -0.128. The van der Waals surface area contributed by atoms with Crippen molar-refractivity contribution in [1.82, 2.24) is 10.2 Å². The Hall–Kier alpha value is -1.60. The Bertz CT molecular complexity index is 739. The molecule has 2 amide bonds. The van der Waals surface area contributed by atoms with E-state index in [2.05, 4.69) is 33.4 Å². The zero-order valence-corrected chi connectivity index (χ0v) is 19.8. The first-order chi connectivity index (χ1) is 14.2. The van der Waals surface area contributed by atoms with Crippen molar-refractivity contribution in [3.8, 4) is 0 Å². The molecular formula is C23H33BrN2O4. The van der Waals surface area contributed by atoms with E-state index in [4.69, 9.17) is 9.47 Å². The molecule has 1 atom stereocenters. The fourth-order valence-electron chi connectivity index (χ4n) is 4.25. The molecule has 30 heavy (non-hydrogen) atoms. The SMILES string of the molecule is CC(C)(C)OC(=O)N1CCCC[C@@H]1C(=O)NCC1(c2ccc(Br)cc2)CCOCC1. The summed E-state index contributed by atoms with van der Waals surface area (Å²) >= 11 is 3.50. The predicted molar refractivity (Wildman–Crippen MR) is 119 cm³/mol. The first-order valence-electron chi connectivity index (χ1n) is 10.8. The van der Waals surface area contributed by atoms with E-state index >= 15 is 0 Å². The molecule has 2 aliphatic rings. The van der Waals surface area contributed by atoms with Crippen LogP contribution in [-0.2, 0) is 19.7 Å². The standard InChI is InChI=1S/C23H33BrN2O4/c1-22(2,3)30-21(28)26-13-5-4-6-19(26)20(27)25-16-23(11-14-29-15-12-23)17-7-9-18(24)10-8-17/h7-10,19H,4-6,11-16H2,1-3H3,(H,25,27)/t19-/m1/s1. The highest BCUT2D eigenvalue weighted by molar-refractivity contribution is 9.10. The van der Waals surface area contributed by atoms with Crippen molar-refractivity contribution in [2.24, 2.45) is 0 Å². The number of hydrogen-bond acceptors (Lipinski definition) is 4. The monoisotopic (exact) mass is 480 g/mol. The van der Waals surface area contributed by atoms with Crippen molar-refractivity contribution in [1.29, 1.82) is 0 Å². The van der Waals surface area contributed by atoms with Gasteiger partial charge in [0.05, 0.1) is 0 Å². The minimum Gasteiger partial charge on any atom is -0.444 e. The lowest BCUT2D eigenvalue weighted by Gasteiger charge is -2.40. The van der Waals surface area contributed by atoms with E-state index in [0.717, 1.165) is 30.2 Å². The Morgan fingerprint density at radius 2 is 1.87 bits per heavy atom. The first-order valence-corrected chi connectivity index (χ1v) is 11.6. The summed E-state index contributed by atoms with van der Waals surface area (Å²) in [6.45, 7) is 7.98. The topological polar surface area (TPSA) is 67.9 Å². The Labute approximate surface area is 187 Å². The lowest BCUT2D eigenvalue weighted by Crippen LogP contribution is -2.55. The molecule has 2 saturated heterocycles. The second kappa shape index (κ2) is 9.69. The van der Waals surface area contributed by atoms with Crippen LogP contribution in [0.5, 0.6) is 0 Å². The molecule has 0 radical (unpaired) electrons. The molecule has 6 nitrogen and oxygen atoms in total. The van der Waals surface area contributed by atoms with Gasteiger partial charge in [0.2, 0.25) is 5.91 Å². The molecule has 166 valence electrons. The van der Waals surface area contributed by atoms with Crippen molar-refractivity contribution in [2.75, 3.05) is 26.3 Å². The van der Waals surface area contributed by atoms with Gasteiger partial charge >= 0.3 is 6.09 Å². The van der Waals surface area contributed by atoms with Gasteiger partial charge in [0.25, 0.3) is 0 Å². The molecule has 0 spiro atoms. The highest BCUT2D eigenvalue weighted by Crippen LogP contribution is 2.35. The molecular weight excluding hydrogens is 448 g/mol. The van der Waals surface area contributed by atoms with Crippen molar-refractivity contribution < 1.29 is 19.1 Å². The largest absolute Gasteiger partial charge is 0.444 e. The molecule has 0 unspecified atom stereocenters. The summed E-state index contributed by atoms with van der Waals surface area (Å²) in [6.07, 6.45) is 3.80. The van der Waals surface area contributed by atoms with Crippen LogP contribution < -0.4 is 5.32 Å². The number of amides is 2. The summed E-state index contributed by atoms with van der Waals surface area (Å²) in [4.78, 5) is 27.4. The van der Waals surface area contributed by atoms with Gasteiger partial charge in [-0.25, -0.2) is 4.79 Å². The maximum atomic E-state index is 13.1. The van der Waals surface area contributed by atoms with Crippen molar-refractivity contribution in [3.63, 3.8) is 0 Å².